The highest BCUT2D eigenvalue weighted by atomic mass is 32.3. The van der Waals surface area contributed by atoms with Crippen molar-refractivity contribution in [1.29, 1.82) is 0 Å². The first kappa shape index (κ1) is 19.8. The van der Waals surface area contributed by atoms with E-state index in [4.69, 9.17) is 4.55 Å². The molecule has 4 nitrogen and oxygen atoms in total. The molecule has 0 aromatic carbocycles. The van der Waals surface area contributed by atoms with Crippen LogP contribution in [-0.2, 0) is 14.6 Å². The molecule has 0 aromatic heterocycles. The molecule has 0 radical (unpaired) electrons. The molecule has 0 heterocycles. The highest BCUT2D eigenvalue weighted by Crippen LogP contribution is 2.00. The summed E-state index contributed by atoms with van der Waals surface area (Å²) in [6.07, 6.45) is 22.0. The van der Waals surface area contributed by atoms with Crippen LogP contribution in [0.2, 0.25) is 0 Å². The maximum Gasteiger partial charge on any atom is 0.397 e. The van der Waals surface area contributed by atoms with Gasteiger partial charge in [0.05, 0.1) is 6.61 Å². The number of rotatable bonds is 12. The van der Waals surface area contributed by atoms with Crippen molar-refractivity contribution in [3.63, 3.8) is 0 Å². The summed E-state index contributed by atoms with van der Waals surface area (Å²) in [5, 5.41) is 0. The summed E-state index contributed by atoms with van der Waals surface area (Å²) in [5.74, 6) is 0. The van der Waals surface area contributed by atoms with Gasteiger partial charge in [-0.1, -0.05) is 48.6 Å². The third kappa shape index (κ3) is 18.8. The molecule has 21 heavy (non-hydrogen) atoms. The van der Waals surface area contributed by atoms with E-state index in [1.165, 1.54) is 0 Å². The number of hydrogen-bond acceptors (Lipinski definition) is 3. The van der Waals surface area contributed by atoms with Gasteiger partial charge in [-0.25, -0.2) is 4.18 Å². The van der Waals surface area contributed by atoms with Crippen LogP contribution in [0.15, 0.2) is 48.6 Å². The SMILES string of the molecule is C/C=C\C/C=C\C/C=C\C/C=C\CCCCOS(=O)(=O)O. The maximum absolute atomic E-state index is 10.3. The first-order valence-electron chi connectivity index (χ1n) is 7.24. The summed E-state index contributed by atoms with van der Waals surface area (Å²) in [6, 6.07) is 0. The fraction of sp³-hybridized carbons (Fsp3) is 0.500. The molecule has 0 fully saturated rings. The first-order valence-corrected chi connectivity index (χ1v) is 8.60. The minimum absolute atomic E-state index is 0.0339. The van der Waals surface area contributed by atoms with Gasteiger partial charge in [0, 0.05) is 0 Å². The Labute approximate surface area is 128 Å². The lowest BCUT2D eigenvalue weighted by Crippen LogP contribution is -2.04. The van der Waals surface area contributed by atoms with E-state index in [2.05, 4.69) is 46.7 Å². The average Bonchev–Trinajstić information content (AvgIpc) is 2.42. The lowest BCUT2D eigenvalue weighted by atomic mass is 10.2. The molecule has 0 aliphatic heterocycles. The maximum atomic E-state index is 10.3. The van der Waals surface area contributed by atoms with Crippen LogP contribution in [0.5, 0.6) is 0 Å². The molecule has 0 spiro atoms. The molecule has 5 heteroatoms. The molecule has 0 amide bonds. The average molecular weight is 314 g/mol. The molecule has 120 valence electrons. The van der Waals surface area contributed by atoms with E-state index in [1.54, 1.807) is 0 Å². The molecule has 0 aromatic rings. The largest absolute Gasteiger partial charge is 0.397 e. The van der Waals surface area contributed by atoms with Gasteiger partial charge in [-0.15, -0.1) is 0 Å². The van der Waals surface area contributed by atoms with Crippen molar-refractivity contribution in [3.8, 4) is 0 Å². The van der Waals surface area contributed by atoms with Crippen molar-refractivity contribution in [2.24, 2.45) is 0 Å². The van der Waals surface area contributed by atoms with Crippen LogP contribution >= 0.6 is 0 Å². The van der Waals surface area contributed by atoms with Gasteiger partial charge in [-0.3, -0.25) is 4.55 Å². The molecular formula is C16H26O4S. The highest BCUT2D eigenvalue weighted by molar-refractivity contribution is 7.80. The van der Waals surface area contributed by atoms with Crippen LogP contribution in [0, 0.1) is 0 Å². The van der Waals surface area contributed by atoms with Crippen LogP contribution < -0.4 is 0 Å². The second kappa shape index (κ2) is 13.8. The zero-order valence-corrected chi connectivity index (χ0v) is 13.5. The van der Waals surface area contributed by atoms with Gasteiger partial charge in [0.2, 0.25) is 0 Å². The minimum Gasteiger partial charge on any atom is -0.264 e. The van der Waals surface area contributed by atoms with Crippen LogP contribution in [0.1, 0.15) is 45.4 Å². The highest BCUT2D eigenvalue weighted by Gasteiger charge is 2.01. The molecule has 0 bridgehead atoms. The fourth-order valence-corrected chi connectivity index (χ4v) is 1.83. The quantitative estimate of drug-likeness (QED) is 0.329. The third-order valence-electron chi connectivity index (χ3n) is 2.55. The molecule has 0 unspecified atom stereocenters. The Bertz CT molecular complexity index is 445. The Morgan fingerprint density at radius 3 is 1.90 bits per heavy atom. The Hall–Kier alpha value is -1.17. The number of allylic oxidation sites excluding steroid dienone is 8. The summed E-state index contributed by atoms with van der Waals surface area (Å²) in [4.78, 5) is 0. The standard InChI is InChI=1S/C16H26O4S/c1-2-3-4-5-6-7-8-9-10-11-12-13-14-15-16-20-21(17,18)19/h2-3,5-6,8-9,11-12H,4,7,10,13-16H2,1H3,(H,17,18,19)/b3-2-,6-5-,9-8-,12-11-. The summed E-state index contributed by atoms with van der Waals surface area (Å²) in [7, 11) is -4.28. The summed E-state index contributed by atoms with van der Waals surface area (Å²) < 4.78 is 33.1. The fourth-order valence-electron chi connectivity index (χ4n) is 1.50. The van der Waals surface area contributed by atoms with Crippen molar-refractivity contribution in [3.05, 3.63) is 48.6 Å². The van der Waals surface area contributed by atoms with Crippen LogP contribution in [-0.4, -0.2) is 19.6 Å². The normalized spacial score (nSPS) is 13.4. The molecule has 0 aliphatic rings. The number of unbranched alkanes of at least 4 members (excludes halogenated alkanes) is 2. The second-order valence-electron chi connectivity index (χ2n) is 4.44. The molecule has 0 aliphatic carbocycles. The monoisotopic (exact) mass is 314 g/mol. The van der Waals surface area contributed by atoms with Crippen LogP contribution in [0.3, 0.4) is 0 Å². The predicted octanol–water partition coefficient (Wildman–Crippen LogP) is 4.39. The molecule has 0 atom stereocenters. The summed E-state index contributed by atoms with van der Waals surface area (Å²) in [6.45, 7) is 2.05. The van der Waals surface area contributed by atoms with E-state index in [9.17, 15) is 8.42 Å². The van der Waals surface area contributed by atoms with E-state index in [1.807, 2.05) is 13.0 Å². The number of hydrogen-bond donors (Lipinski definition) is 1. The van der Waals surface area contributed by atoms with Gasteiger partial charge < -0.3 is 0 Å². The van der Waals surface area contributed by atoms with E-state index in [-0.39, 0.29) is 6.61 Å². The Morgan fingerprint density at radius 2 is 1.38 bits per heavy atom. The topological polar surface area (TPSA) is 63.6 Å². The predicted molar refractivity (Wildman–Crippen MR) is 87.4 cm³/mol. The van der Waals surface area contributed by atoms with Crippen molar-refractivity contribution < 1.29 is 17.2 Å². The first-order chi connectivity index (χ1) is 10.1. The molecule has 0 saturated heterocycles. The van der Waals surface area contributed by atoms with E-state index < -0.39 is 10.4 Å². The van der Waals surface area contributed by atoms with E-state index in [0.29, 0.717) is 6.42 Å². The molecule has 1 N–H and O–H groups in total. The van der Waals surface area contributed by atoms with Gasteiger partial charge in [0.25, 0.3) is 0 Å². The zero-order valence-electron chi connectivity index (χ0n) is 12.6. The van der Waals surface area contributed by atoms with E-state index in [0.717, 1.165) is 32.1 Å². The van der Waals surface area contributed by atoms with Crippen LogP contribution in [0.4, 0.5) is 0 Å². The van der Waals surface area contributed by atoms with E-state index >= 15 is 0 Å². The third-order valence-corrected chi connectivity index (χ3v) is 3.01. The smallest absolute Gasteiger partial charge is 0.264 e. The van der Waals surface area contributed by atoms with Crippen LogP contribution in [0.25, 0.3) is 0 Å². The second-order valence-corrected chi connectivity index (χ2v) is 5.53. The van der Waals surface area contributed by atoms with Gasteiger partial charge in [0.15, 0.2) is 0 Å². The lowest BCUT2D eigenvalue weighted by Gasteiger charge is -1.97. The molecular weight excluding hydrogens is 288 g/mol. The summed E-state index contributed by atoms with van der Waals surface area (Å²) in [5.41, 5.74) is 0. The van der Waals surface area contributed by atoms with Gasteiger partial charge in [-0.2, -0.15) is 8.42 Å². The molecule has 0 rings (SSSR count). The Kier molecular flexibility index (Phi) is 13.0. The lowest BCUT2D eigenvalue weighted by molar-refractivity contribution is 0.263. The zero-order chi connectivity index (χ0) is 15.8. The van der Waals surface area contributed by atoms with Crippen molar-refractivity contribution in [1.82, 2.24) is 0 Å². The van der Waals surface area contributed by atoms with Gasteiger partial charge >= 0.3 is 10.4 Å². The Morgan fingerprint density at radius 1 is 0.857 bits per heavy atom. The van der Waals surface area contributed by atoms with Gasteiger partial charge in [-0.05, 0) is 45.4 Å². The molecule has 0 saturated carbocycles. The van der Waals surface area contributed by atoms with Crippen molar-refractivity contribution in [2.75, 3.05) is 6.61 Å². The summed E-state index contributed by atoms with van der Waals surface area (Å²) >= 11 is 0. The van der Waals surface area contributed by atoms with Gasteiger partial charge in [0.1, 0.15) is 0 Å². The minimum atomic E-state index is -4.28. The van der Waals surface area contributed by atoms with Crippen molar-refractivity contribution in [2.45, 2.75) is 45.4 Å². The Balaban J connectivity index is 3.42. The van der Waals surface area contributed by atoms with Crippen molar-refractivity contribution >= 4 is 10.4 Å².